The van der Waals surface area contributed by atoms with Gasteiger partial charge in [-0.05, 0) is 32.0 Å². The predicted molar refractivity (Wildman–Crippen MR) is 57.6 cm³/mol. The van der Waals surface area contributed by atoms with Crippen molar-refractivity contribution < 1.29 is 31.1 Å². The smallest absolute Gasteiger partial charge is 0.0721 e. The summed E-state index contributed by atoms with van der Waals surface area (Å²) in [6.07, 6.45) is 0. The Morgan fingerprint density at radius 3 is 2.77 bits per heavy atom. The molecule has 0 bridgehead atoms. The van der Waals surface area contributed by atoms with Gasteiger partial charge in [-0.3, -0.25) is 9.71 Å². The van der Waals surface area contributed by atoms with Gasteiger partial charge in [0.15, 0.2) is 0 Å². The van der Waals surface area contributed by atoms with Crippen LogP contribution in [0, 0.1) is 38.0 Å². The van der Waals surface area contributed by atoms with E-state index in [1.54, 1.807) is 0 Å². The van der Waals surface area contributed by atoms with E-state index >= 15 is 0 Å². The molecule has 0 saturated heterocycles. The van der Waals surface area contributed by atoms with Crippen molar-refractivity contribution >= 4 is 32.3 Å². The first-order valence-electron chi connectivity index (χ1n) is 3.51. The average molecular weight is 439 g/mol. The summed E-state index contributed by atoms with van der Waals surface area (Å²) in [5.41, 5.74) is 8.25. The molecule has 0 aliphatic carbocycles. The Kier molecular flexibility index (Phi) is 6.63. The first-order chi connectivity index (χ1) is 5.65. The molecule has 13 heavy (non-hydrogen) atoms. The number of nitrogens with two attached hydrogens (primary N) is 1. The molecule has 1 aromatic rings. The standard InChI is InChI=1S/C7H12N3PS.U/c1-4-5(8)3-6(12-9-2)7(11)10-4;/h3,9H,8,11H2,1-2H3;. The normalized spacial score (nSPS) is 9.46. The molecule has 0 aliphatic heterocycles. The van der Waals surface area contributed by atoms with Crippen LogP contribution in [0.3, 0.4) is 0 Å². The molecule has 1 unspecified atom stereocenters. The molecule has 0 saturated carbocycles. The fourth-order valence-electron chi connectivity index (χ4n) is 0.812. The Labute approximate surface area is 109 Å². The molecule has 1 aromatic heterocycles. The third kappa shape index (κ3) is 3.77. The van der Waals surface area contributed by atoms with Crippen molar-refractivity contribution in [3.8, 4) is 0 Å². The van der Waals surface area contributed by atoms with Crippen LogP contribution in [0.1, 0.15) is 5.69 Å². The topological polar surface area (TPSA) is 50.9 Å². The maximum atomic E-state index is 5.71. The number of anilines is 1. The number of nitrogens with one attached hydrogen (secondary N) is 1. The molecule has 6 heteroatoms. The molecule has 3 N–H and O–H groups in total. The van der Waals surface area contributed by atoms with Crippen LogP contribution in [0.25, 0.3) is 0 Å². The Hall–Kier alpha value is 0.742. The summed E-state index contributed by atoms with van der Waals surface area (Å²) in [6, 6.07) is 1.92. The van der Waals surface area contributed by atoms with Crippen molar-refractivity contribution in [2.45, 2.75) is 11.8 Å². The zero-order valence-electron chi connectivity index (χ0n) is 7.59. The van der Waals surface area contributed by atoms with E-state index in [9.17, 15) is 0 Å². The molecular formula is C7H12N3PSU. The van der Waals surface area contributed by atoms with Gasteiger partial charge in [0.25, 0.3) is 0 Å². The van der Waals surface area contributed by atoms with Crippen molar-refractivity contribution in [2.24, 2.45) is 0 Å². The molecule has 1 heterocycles. The molecule has 0 aromatic carbocycles. The van der Waals surface area contributed by atoms with Crippen LogP contribution in [0.15, 0.2) is 11.0 Å². The van der Waals surface area contributed by atoms with E-state index in [1.807, 2.05) is 20.0 Å². The van der Waals surface area contributed by atoms with E-state index in [4.69, 9.17) is 5.73 Å². The van der Waals surface area contributed by atoms with Gasteiger partial charge in [0.05, 0.1) is 21.7 Å². The number of nitrogen functional groups attached to an aromatic ring is 1. The Bertz CT molecular complexity index is 295. The van der Waals surface area contributed by atoms with Gasteiger partial charge in [0, 0.05) is 31.1 Å². The minimum atomic E-state index is 0. The van der Waals surface area contributed by atoms with E-state index < -0.39 is 0 Å². The van der Waals surface area contributed by atoms with Gasteiger partial charge in [-0.15, -0.1) is 0 Å². The number of hydrogen-bond acceptors (Lipinski definition) is 4. The Balaban J connectivity index is 0.00000144. The van der Waals surface area contributed by atoms with Crippen molar-refractivity contribution in [1.82, 2.24) is 9.71 Å². The molecule has 0 spiro atoms. The third-order valence-corrected chi connectivity index (χ3v) is 2.86. The molecule has 70 valence electrons. The summed E-state index contributed by atoms with van der Waals surface area (Å²) in [5.74, 6) is 0. The zero-order valence-corrected chi connectivity index (χ0v) is 13.7. The van der Waals surface area contributed by atoms with Crippen LogP contribution in [0.5, 0.6) is 0 Å². The maximum Gasteiger partial charge on any atom is 0.0721 e. The summed E-state index contributed by atoms with van der Waals surface area (Å²) in [6.45, 7) is 1.90. The van der Waals surface area contributed by atoms with Crippen molar-refractivity contribution in [2.75, 3.05) is 12.8 Å². The fourth-order valence-corrected chi connectivity index (χ4v) is 1.82. The second-order valence-corrected chi connectivity index (χ2v) is 3.95. The van der Waals surface area contributed by atoms with Gasteiger partial charge in [-0.1, -0.05) is 9.24 Å². The number of aromatic nitrogens is 1. The van der Waals surface area contributed by atoms with Crippen molar-refractivity contribution in [1.29, 1.82) is 0 Å². The quantitative estimate of drug-likeness (QED) is 0.527. The molecule has 1 atom stereocenters. The fraction of sp³-hybridized carbons (Fsp3) is 0.286. The van der Waals surface area contributed by atoms with E-state index in [-0.39, 0.29) is 31.1 Å². The number of pyridine rings is 1. The summed E-state index contributed by atoms with van der Waals surface area (Å²) in [5, 5.41) is 0. The van der Waals surface area contributed by atoms with Gasteiger partial charge in [0.2, 0.25) is 0 Å². The second kappa shape index (κ2) is 6.27. The van der Waals surface area contributed by atoms with Crippen LogP contribution >= 0.6 is 21.2 Å². The minimum Gasteiger partial charge on any atom is -0.397 e. The first-order valence-corrected chi connectivity index (χ1v) is 4.90. The largest absolute Gasteiger partial charge is 0.397 e. The monoisotopic (exact) mass is 439 g/mol. The zero-order chi connectivity index (χ0) is 9.14. The van der Waals surface area contributed by atoms with Gasteiger partial charge < -0.3 is 5.73 Å². The van der Waals surface area contributed by atoms with Crippen LogP contribution in [0.2, 0.25) is 0 Å². The molecule has 0 fully saturated rings. The van der Waals surface area contributed by atoms with Gasteiger partial charge >= 0.3 is 0 Å². The minimum absolute atomic E-state index is 0. The number of nitrogens with zero attached hydrogens (tertiary/aromatic N) is 1. The van der Waals surface area contributed by atoms with Crippen LogP contribution in [0.4, 0.5) is 5.69 Å². The predicted octanol–water partition coefficient (Wildman–Crippen LogP) is 0.699. The Morgan fingerprint density at radius 1 is 1.62 bits per heavy atom. The van der Waals surface area contributed by atoms with Crippen molar-refractivity contribution in [3.05, 3.63) is 11.8 Å². The second-order valence-electron chi connectivity index (χ2n) is 2.35. The average Bonchev–Trinajstić information content (AvgIpc) is 2.01. The van der Waals surface area contributed by atoms with Crippen LogP contribution in [-0.2, 0) is 0 Å². The summed E-state index contributed by atoms with van der Waals surface area (Å²) < 4.78 is 2.98. The summed E-state index contributed by atoms with van der Waals surface area (Å²) >= 11 is 1.51. The molecule has 3 nitrogen and oxygen atoms in total. The Morgan fingerprint density at radius 2 is 2.23 bits per heavy atom. The molecular weight excluding hydrogens is 427 g/mol. The van der Waals surface area contributed by atoms with Gasteiger partial charge in [0.1, 0.15) is 0 Å². The van der Waals surface area contributed by atoms with Crippen molar-refractivity contribution in [3.63, 3.8) is 0 Å². The van der Waals surface area contributed by atoms with E-state index in [2.05, 4.69) is 18.9 Å². The van der Waals surface area contributed by atoms with E-state index in [0.717, 1.165) is 21.7 Å². The molecule has 0 amide bonds. The molecule has 0 radical (unpaired) electrons. The molecule has 1 rings (SSSR count). The van der Waals surface area contributed by atoms with Crippen LogP contribution < -0.4 is 15.9 Å². The molecule has 0 aliphatic rings. The van der Waals surface area contributed by atoms with E-state index in [0.29, 0.717) is 0 Å². The number of hydrogen-bond donors (Lipinski definition) is 2. The number of aryl methyl sites for hydroxylation is 1. The van der Waals surface area contributed by atoms with Crippen LogP contribution in [-0.4, -0.2) is 12.0 Å². The number of rotatable bonds is 2. The SMILES string of the molecule is CNSc1cc(N)c(C)nc1P.[U]. The maximum absolute atomic E-state index is 5.71. The summed E-state index contributed by atoms with van der Waals surface area (Å²) in [7, 11) is 4.46. The van der Waals surface area contributed by atoms with E-state index in [1.165, 1.54) is 11.9 Å². The van der Waals surface area contributed by atoms with Gasteiger partial charge in [-0.25, -0.2) is 0 Å². The third-order valence-electron chi connectivity index (χ3n) is 1.46. The first kappa shape index (κ1) is 13.7. The van der Waals surface area contributed by atoms with Gasteiger partial charge in [-0.2, -0.15) is 0 Å². The summed E-state index contributed by atoms with van der Waals surface area (Å²) in [4.78, 5) is 5.32.